The van der Waals surface area contributed by atoms with Crippen molar-refractivity contribution in [2.75, 3.05) is 5.32 Å². The summed E-state index contributed by atoms with van der Waals surface area (Å²) in [5, 5.41) is 8.99. The van der Waals surface area contributed by atoms with Crippen molar-refractivity contribution < 1.29 is 4.79 Å². The number of hydrogen-bond acceptors (Lipinski definition) is 5. The van der Waals surface area contributed by atoms with Gasteiger partial charge in [0.05, 0.1) is 17.8 Å². The number of carbonyl (C=O) groups excluding carboxylic acids is 1. The number of para-hydroxylation sites is 1. The molecule has 3 heterocycles. The Morgan fingerprint density at radius 2 is 1.76 bits per heavy atom. The minimum absolute atomic E-state index is 0.167. The Bertz CT molecular complexity index is 1750. The third-order valence-corrected chi connectivity index (χ3v) is 6.31. The van der Waals surface area contributed by atoms with Crippen LogP contribution in [-0.4, -0.2) is 29.8 Å². The summed E-state index contributed by atoms with van der Waals surface area (Å²) in [6, 6.07) is 17.1. The maximum Gasteiger partial charge on any atom is 0.332 e. The summed E-state index contributed by atoms with van der Waals surface area (Å²) in [4.78, 5) is 42.6. The molecular formula is C28H28N6O3. The molecule has 0 aliphatic heterocycles. The van der Waals surface area contributed by atoms with Crippen LogP contribution in [-0.2, 0) is 24.9 Å². The van der Waals surface area contributed by atoms with Crippen LogP contribution in [0.25, 0.3) is 33.2 Å². The van der Waals surface area contributed by atoms with Crippen LogP contribution < -0.4 is 16.6 Å². The largest absolute Gasteiger partial charge is 0.332 e. The zero-order valence-electron chi connectivity index (χ0n) is 21.2. The maximum absolute atomic E-state index is 13.5. The van der Waals surface area contributed by atoms with E-state index in [1.165, 1.54) is 14.0 Å². The average Bonchev–Trinajstić information content (AvgIpc) is 3.24. The van der Waals surface area contributed by atoms with E-state index >= 15 is 0 Å². The van der Waals surface area contributed by atoms with Crippen molar-refractivity contribution in [2.45, 2.75) is 33.9 Å². The molecule has 2 aromatic carbocycles. The van der Waals surface area contributed by atoms with Crippen molar-refractivity contribution in [3.05, 3.63) is 87.2 Å². The number of pyridine rings is 1. The molecule has 0 atom stereocenters. The highest BCUT2D eigenvalue weighted by atomic mass is 16.2. The van der Waals surface area contributed by atoms with Gasteiger partial charge in [0.1, 0.15) is 5.39 Å². The molecule has 1 amide bonds. The molecule has 9 nitrogen and oxygen atoms in total. The smallest absolute Gasteiger partial charge is 0.326 e. The summed E-state index contributed by atoms with van der Waals surface area (Å²) in [5.74, 6) is 0.00691. The van der Waals surface area contributed by atoms with Crippen LogP contribution in [0.2, 0.25) is 0 Å². The highest BCUT2D eigenvalue weighted by molar-refractivity contribution is 5.93. The minimum atomic E-state index is -0.396. The SMILES string of the molecule is CC(=O)Nc1ccc(-c2c3c(=O)n(C)c(=O)n(CC(C)C)c3nn2Cc2ccnc3ccccc23)cc1. The van der Waals surface area contributed by atoms with Crippen LogP contribution in [0.4, 0.5) is 5.69 Å². The molecule has 0 radical (unpaired) electrons. The van der Waals surface area contributed by atoms with Crippen molar-refractivity contribution in [2.24, 2.45) is 13.0 Å². The minimum Gasteiger partial charge on any atom is -0.326 e. The van der Waals surface area contributed by atoms with Crippen LogP contribution in [0.15, 0.2) is 70.4 Å². The van der Waals surface area contributed by atoms with Crippen molar-refractivity contribution in [1.29, 1.82) is 0 Å². The van der Waals surface area contributed by atoms with E-state index in [9.17, 15) is 14.4 Å². The molecule has 1 N–H and O–H groups in total. The quantitative estimate of drug-likeness (QED) is 0.385. The van der Waals surface area contributed by atoms with Gasteiger partial charge in [-0.1, -0.05) is 44.2 Å². The van der Waals surface area contributed by atoms with Gasteiger partial charge < -0.3 is 5.32 Å². The average molecular weight is 497 g/mol. The van der Waals surface area contributed by atoms with E-state index in [-0.39, 0.29) is 11.8 Å². The van der Waals surface area contributed by atoms with Gasteiger partial charge in [0.25, 0.3) is 5.56 Å². The van der Waals surface area contributed by atoms with Gasteiger partial charge >= 0.3 is 5.69 Å². The molecule has 5 rings (SSSR count). The molecule has 0 saturated heterocycles. The normalized spacial score (nSPS) is 11.5. The van der Waals surface area contributed by atoms with Crippen LogP contribution in [0, 0.1) is 5.92 Å². The van der Waals surface area contributed by atoms with Crippen LogP contribution in [0.1, 0.15) is 26.3 Å². The second-order valence-corrected chi connectivity index (χ2v) is 9.60. The van der Waals surface area contributed by atoms with Crippen LogP contribution in [0.5, 0.6) is 0 Å². The first-order valence-corrected chi connectivity index (χ1v) is 12.2. The zero-order chi connectivity index (χ0) is 26.3. The van der Waals surface area contributed by atoms with Gasteiger partial charge in [-0.25, -0.2) is 4.79 Å². The number of benzene rings is 2. The first kappa shape index (κ1) is 24.2. The Labute approximate surface area is 213 Å². The molecule has 0 aliphatic rings. The van der Waals surface area contributed by atoms with Gasteiger partial charge in [0.15, 0.2) is 5.65 Å². The number of aromatic nitrogens is 5. The van der Waals surface area contributed by atoms with Gasteiger partial charge in [-0.3, -0.25) is 28.4 Å². The predicted octanol–water partition coefficient (Wildman–Crippen LogP) is 3.77. The van der Waals surface area contributed by atoms with E-state index in [4.69, 9.17) is 5.10 Å². The third-order valence-electron chi connectivity index (χ3n) is 6.31. The van der Waals surface area contributed by atoms with Crippen molar-refractivity contribution in [1.82, 2.24) is 23.9 Å². The second-order valence-electron chi connectivity index (χ2n) is 9.60. The molecule has 0 fully saturated rings. The first-order chi connectivity index (χ1) is 17.7. The van der Waals surface area contributed by atoms with Crippen LogP contribution >= 0.6 is 0 Å². The summed E-state index contributed by atoms with van der Waals surface area (Å²) in [6.07, 6.45) is 1.76. The lowest BCUT2D eigenvalue weighted by atomic mass is 10.1. The Balaban J connectivity index is 1.79. The highest BCUT2D eigenvalue weighted by Crippen LogP contribution is 2.29. The number of rotatable bonds is 6. The van der Waals surface area contributed by atoms with Crippen molar-refractivity contribution >= 4 is 33.5 Å². The van der Waals surface area contributed by atoms with E-state index < -0.39 is 11.2 Å². The fourth-order valence-electron chi connectivity index (χ4n) is 4.67. The standard InChI is InChI=1S/C28H28N6O3/c1-17(2)15-33-26-24(27(36)32(4)28(33)37)25(19-9-11-21(12-10-19)30-18(3)35)34(31-26)16-20-13-14-29-23-8-6-5-7-22(20)23/h5-14,17H,15-16H2,1-4H3,(H,30,35). The molecule has 9 heteroatoms. The summed E-state index contributed by atoms with van der Waals surface area (Å²) in [7, 11) is 1.50. The monoisotopic (exact) mass is 496 g/mol. The van der Waals surface area contributed by atoms with Gasteiger partial charge in [0.2, 0.25) is 5.91 Å². The summed E-state index contributed by atoms with van der Waals surface area (Å²) < 4.78 is 4.52. The Morgan fingerprint density at radius 3 is 2.46 bits per heavy atom. The highest BCUT2D eigenvalue weighted by Gasteiger charge is 2.23. The number of hydrogen-bond donors (Lipinski definition) is 1. The molecule has 0 bridgehead atoms. The van der Waals surface area contributed by atoms with Crippen molar-refractivity contribution in [3.8, 4) is 11.3 Å². The topological polar surface area (TPSA) is 104 Å². The summed E-state index contributed by atoms with van der Waals surface area (Å²) in [6.45, 7) is 6.29. The van der Waals surface area contributed by atoms with E-state index in [0.717, 1.165) is 26.6 Å². The van der Waals surface area contributed by atoms with Gasteiger partial charge in [0, 0.05) is 43.4 Å². The number of nitrogens with one attached hydrogen (secondary N) is 1. The Kier molecular flexibility index (Phi) is 6.20. The molecule has 3 aromatic heterocycles. The number of fused-ring (bicyclic) bond motifs is 2. The van der Waals surface area contributed by atoms with Gasteiger partial charge in [-0.2, -0.15) is 5.10 Å². The lowest BCUT2D eigenvalue weighted by Gasteiger charge is -2.11. The van der Waals surface area contributed by atoms with E-state index in [2.05, 4.69) is 10.3 Å². The molecule has 5 aromatic rings. The molecule has 188 valence electrons. The Hall–Kier alpha value is -4.53. The zero-order valence-corrected chi connectivity index (χ0v) is 21.2. The number of nitrogens with zero attached hydrogens (tertiary/aromatic N) is 5. The lowest BCUT2D eigenvalue weighted by molar-refractivity contribution is -0.114. The molecule has 0 unspecified atom stereocenters. The molecule has 0 saturated carbocycles. The Morgan fingerprint density at radius 1 is 1.03 bits per heavy atom. The van der Waals surface area contributed by atoms with E-state index in [0.29, 0.717) is 35.5 Å². The van der Waals surface area contributed by atoms with Gasteiger partial charge in [-0.05, 0) is 35.7 Å². The molecular weight excluding hydrogens is 468 g/mol. The van der Waals surface area contributed by atoms with E-state index in [1.54, 1.807) is 27.6 Å². The van der Waals surface area contributed by atoms with Crippen LogP contribution in [0.3, 0.4) is 0 Å². The molecule has 0 spiro atoms. The fourth-order valence-corrected chi connectivity index (χ4v) is 4.67. The number of amides is 1. The molecule has 0 aliphatic carbocycles. The molecule has 37 heavy (non-hydrogen) atoms. The van der Waals surface area contributed by atoms with Crippen molar-refractivity contribution in [3.63, 3.8) is 0 Å². The third kappa shape index (κ3) is 4.44. The summed E-state index contributed by atoms with van der Waals surface area (Å²) in [5.41, 5.74) is 3.45. The summed E-state index contributed by atoms with van der Waals surface area (Å²) >= 11 is 0. The fraction of sp³-hybridized carbons (Fsp3) is 0.250. The second kappa shape index (κ2) is 9.50. The predicted molar refractivity (Wildman–Crippen MR) is 145 cm³/mol. The van der Waals surface area contributed by atoms with E-state index in [1.807, 2.05) is 56.3 Å². The van der Waals surface area contributed by atoms with Gasteiger partial charge in [-0.15, -0.1) is 0 Å². The first-order valence-electron chi connectivity index (χ1n) is 12.2. The number of carbonyl (C=O) groups is 1. The number of anilines is 1. The maximum atomic E-state index is 13.5. The lowest BCUT2D eigenvalue weighted by Crippen LogP contribution is -2.38.